The lowest BCUT2D eigenvalue weighted by Crippen LogP contribution is -2.44. The van der Waals surface area contributed by atoms with Crippen molar-refractivity contribution in [2.75, 3.05) is 13.7 Å². The Balaban J connectivity index is 1.77. The SMILES string of the molecule is COc1ccc(C[C@H](NC(=O)C[C@@H](O)CNC(=O)OCc2ccccc2)C(=O)O)cc1Cl. The Morgan fingerprint density at radius 3 is 2.44 bits per heavy atom. The van der Waals surface area contributed by atoms with Crippen LogP contribution in [0.5, 0.6) is 5.75 Å². The number of halogens is 1. The number of hydrogen-bond acceptors (Lipinski definition) is 6. The van der Waals surface area contributed by atoms with E-state index in [9.17, 15) is 24.6 Å². The molecule has 10 heteroatoms. The predicted molar refractivity (Wildman–Crippen MR) is 117 cm³/mol. The van der Waals surface area contributed by atoms with Crippen molar-refractivity contribution in [2.45, 2.75) is 31.6 Å². The molecule has 2 atom stereocenters. The first-order valence-electron chi connectivity index (χ1n) is 9.75. The zero-order valence-electron chi connectivity index (χ0n) is 17.4. The van der Waals surface area contributed by atoms with Crippen molar-refractivity contribution in [2.24, 2.45) is 0 Å². The van der Waals surface area contributed by atoms with E-state index in [0.717, 1.165) is 5.56 Å². The third-order valence-corrected chi connectivity index (χ3v) is 4.70. The summed E-state index contributed by atoms with van der Waals surface area (Å²) in [5.41, 5.74) is 1.40. The van der Waals surface area contributed by atoms with Crippen LogP contribution in [0.2, 0.25) is 5.02 Å². The van der Waals surface area contributed by atoms with E-state index in [1.54, 1.807) is 30.3 Å². The molecule has 0 spiro atoms. The maximum Gasteiger partial charge on any atom is 0.407 e. The molecule has 0 saturated carbocycles. The number of benzene rings is 2. The first kappa shape index (κ1) is 25.0. The molecule has 9 nitrogen and oxygen atoms in total. The van der Waals surface area contributed by atoms with Crippen LogP contribution in [-0.4, -0.2) is 54.0 Å². The zero-order chi connectivity index (χ0) is 23.5. The summed E-state index contributed by atoms with van der Waals surface area (Å²) >= 11 is 6.05. The molecule has 32 heavy (non-hydrogen) atoms. The average molecular weight is 465 g/mol. The summed E-state index contributed by atoms with van der Waals surface area (Å²) in [6.07, 6.45) is -2.37. The minimum Gasteiger partial charge on any atom is -0.495 e. The van der Waals surface area contributed by atoms with Gasteiger partial charge in [0.2, 0.25) is 5.91 Å². The minimum absolute atomic E-state index is 0.00898. The van der Waals surface area contributed by atoms with E-state index in [1.807, 2.05) is 18.2 Å². The summed E-state index contributed by atoms with van der Waals surface area (Å²) in [5.74, 6) is -1.46. The summed E-state index contributed by atoms with van der Waals surface area (Å²) in [7, 11) is 1.46. The largest absolute Gasteiger partial charge is 0.495 e. The van der Waals surface area contributed by atoms with E-state index in [1.165, 1.54) is 7.11 Å². The van der Waals surface area contributed by atoms with E-state index in [-0.39, 0.29) is 19.6 Å². The smallest absolute Gasteiger partial charge is 0.407 e. The van der Waals surface area contributed by atoms with E-state index < -0.39 is 36.5 Å². The molecule has 0 radical (unpaired) electrons. The van der Waals surface area contributed by atoms with E-state index in [4.69, 9.17) is 21.1 Å². The molecule has 4 N–H and O–H groups in total. The van der Waals surface area contributed by atoms with E-state index in [0.29, 0.717) is 16.3 Å². The molecule has 0 aliphatic rings. The van der Waals surface area contributed by atoms with Gasteiger partial charge in [-0.3, -0.25) is 4.79 Å². The normalized spacial score (nSPS) is 12.3. The van der Waals surface area contributed by atoms with Gasteiger partial charge in [0.1, 0.15) is 18.4 Å². The minimum atomic E-state index is -1.23. The fourth-order valence-corrected chi connectivity index (χ4v) is 3.07. The van der Waals surface area contributed by atoms with Crippen molar-refractivity contribution in [3.8, 4) is 5.75 Å². The Kier molecular flexibility index (Phi) is 9.77. The topological polar surface area (TPSA) is 134 Å². The third-order valence-electron chi connectivity index (χ3n) is 4.41. The summed E-state index contributed by atoms with van der Waals surface area (Å²) in [6.45, 7) is -0.161. The second-order valence-electron chi connectivity index (χ2n) is 6.93. The van der Waals surface area contributed by atoms with Crippen LogP contribution in [0.15, 0.2) is 48.5 Å². The number of rotatable bonds is 11. The molecule has 0 heterocycles. The molecule has 172 valence electrons. The first-order valence-corrected chi connectivity index (χ1v) is 10.1. The predicted octanol–water partition coefficient (Wildman–Crippen LogP) is 2.14. The number of nitrogens with one attached hydrogen (secondary N) is 2. The molecule has 0 fully saturated rings. The standard InChI is InChI=1S/C22H25ClN2O7/c1-31-19-8-7-15(9-17(19)23)10-18(21(28)29)25-20(27)11-16(26)12-24-22(30)32-13-14-5-3-2-4-6-14/h2-9,16,18,26H,10-13H2,1H3,(H,24,30)(H,25,27)(H,28,29)/t16-,18+/m1/s1. The lowest BCUT2D eigenvalue weighted by molar-refractivity contribution is -0.142. The Labute approximate surface area is 190 Å². The van der Waals surface area contributed by atoms with Crippen LogP contribution in [0.25, 0.3) is 0 Å². The number of methoxy groups -OCH3 is 1. The van der Waals surface area contributed by atoms with Crippen LogP contribution < -0.4 is 15.4 Å². The number of carboxylic acid groups (broad SMARTS) is 1. The molecule has 0 aliphatic carbocycles. The summed E-state index contributed by atoms with van der Waals surface area (Å²) in [6, 6.07) is 12.6. The van der Waals surface area contributed by atoms with Crippen LogP contribution >= 0.6 is 11.6 Å². The monoisotopic (exact) mass is 464 g/mol. The quantitative estimate of drug-likeness (QED) is 0.400. The van der Waals surface area contributed by atoms with Gasteiger partial charge in [0.25, 0.3) is 0 Å². The Hall–Kier alpha value is -3.30. The molecule has 2 aromatic carbocycles. The van der Waals surface area contributed by atoms with Gasteiger partial charge in [-0.15, -0.1) is 0 Å². The van der Waals surface area contributed by atoms with Gasteiger partial charge in [0, 0.05) is 13.0 Å². The van der Waals surface area contributed by atoms with E-state index in [2.05, 4.69) is 10.6 Å². The summed E-state index contributed by atoms with van der Waals surface area (Å²) < 4.78 is 10.1. The highest BCUT2D eigenvalue weighted by molar-refractivity contribution is 6.32. The van der Waals surface area contributed by atoms with Gasteiger partial charge < -0.3 is 30.3 Å². The number of carbonyl (C=O) groups is 3. The molecule has 0 aromatic heterocycles. The fraction of sp³-hybridized carbons (Fsp3) is 0.318. The van der Waals surface area contributed by atoms with Crippen LogP contribution in [-0.2, 0) is 27.4 Å². The third kappa shape index (κ3) is 8.44. The fourth-order valence-electron chi connectivity index (χ4n) is 2.79. The number of ether oxygens (including phenoxy) is 2. The van der Waals surface area contributed by atoms with E-state index >= 15 is 0 Å². The second-order valence-corrected chi connectivity index (χ2v) is 7.34. The maximum atomic E-state index is 12.2. The molecule has 0 aliphatic heterocycles. The molecule has 2 amide bonds. The highest BCUT2D eigenvalue weighted by Crippen LogP contribution is 2.25. The zero-order valence-corrected chi connectivity index (χ0v) is 18.2. The van der Waals surface area contributed by atoms with Crippen molar-refractivity contribution in [3.63, 3.8) is 0 Å². The van der Waals surface area contributed by atoms with Crippen molar-refractivity contribution < 1.29 is 34.1 Å². The van der Waals surface area contributed by atoms with Crippen molar-refractivity contribution in [1.29, 1.82) is 0 Å². The molecule has 0 saturated heterocycles. The van der Waals surface area contributed by atoms with Gasteiger partial charge in [-0.05, 0) is 23.3 Å². The van der Waals surface area contributed by atoms with Crippen LogP contribution in [0.4, 0.5) is 4.79 Å². The summed E-state index contributed by atoms with van der Waals surface area (Å²) in [5, 5.41) is 24.4. The number of aliphatic carboxylic acids is 1. The first-order chi connectivity index (χ1) is 15.3. The number of carboxylic acids is 1. The van der Waals surface area contributed by atoms with Crippen molar-refractivity contribution >= 4 is 29.6 Å². The number of carbonyl (C=O) groups excluding carboxylic acids is 2. The highest BCUT2D eigenvalue weighted by atomic mass is 35.5. The lowest BCUT2D eigenvalue weighted by Gasteiger charge is -2.17. The van der Waals surface area contributed by atoms with Gasteiger partial charge in [0.15, 0.2) is 0 Å². The number of aliphatic hydroxyl groups excluding tert-OH is 1. The number of hydrogen-bond donors (Lipinski definition) is 4. The van der Waals surface area contributed by atoms with Gasteiger partial charge >= 0.3 is 12.1 Å². The molecular formula is C22H25ClN2O7. The van der Waals surface area contributed by atoms with Crippen molar-refractivity contribution in [3.05, 3.63) is 64.7 Å². The number of aliphatic hydroxyl groups is 1. The second kappa shape index (κ2) is 12.5. The van der Waals surface area contributed by atoms with Gasteiger partial charge in [-0.1, -0.05) is 48.0 Å². The molecule has 2 rings (SSSR count). The number of amides is 2. The number of alkyl carbamates (subject to hydrolysis) is 1. The Morgan fingerprint density at radius 1 is 1.09 bits per heavy atom. The van der Waals surface area contributed by atoms with Crippen molar-refractivity contribution in [1.82, 2.24) is 10.6 Å². The van der Waals surface area contributed by atoms with Gasteiger partial charge in [-0.25, -0.2) is 9.59 Å². The molecular weight excluding hydrogens is 440 g/mol. The lowest BCUT2D eigenvalue weighted by atomic mass is 10.1. The van der Waals surface area contributed by atoms with Gasteiger partial charge in [-0.2, -0.15) is 0 Å². The summed E-state index contributed by atoms with van der Waals surface area (Å²) in [4.78, 5) is 35.4. The molecule has 2 aromatic rings. The Bertz CT molecular complexity index is 924. The van der Waals surface area contributed by atoms with Crippen LogP contribution in [0.1, 0.15) is 17.5 Å². The maximum absolute atomic E-state index is 12.2. The average Bonchev–Trinajstić information content (AvgIpc) is 2.76. The van der Waals surface area contributed by atoms with Gasteiger partial charge in [0.05, 0.1) is 24.7 Å². The molecule has 0 unspecified atom stereocenters. The highest BCUT2D eigenvalue weighted by Gasteiger charge is 2.22. The Morgan fingerprint density at radius 2 is 1.81 bits per heavy atom. The van der Waals surface area contributed by atoms with Crippen LogP contribution in [0.3, 0.4) is 0 Å². The molecule has 0 bridgehead atoms. The van der Waals surface area contributed by atoms with Crippen LogP contribution in [0, 0.1) is 0 Å².